The van der Waals surface area contributed by atoms with Crippen LogP contribution in [-0.4, -0.2) is 20.4 Å². The highest BCUT2D eigenvalue weighted by atomic mass is 35.5. The third-order valence-corrected chi connectivity index (χ3v) is 3.65. The Morgan fingerprint density at radius 2 is 2.10 bits per heavy atom. The maximum atomic E-state index is 13.5. The molecular formula is C15H12Cl2FN3. The van der Waals surface area contributed by atoms with Crippen molar-refractivity contribution in [3.63, 3.8) is 0 Å². The van der Waals surface area contributed by atoms with Gasteiger partial charge in [-0.25, -0.2) is 14.4 Å². The van der Waals surface area contributed by atoms with Crippen molar-refractivity contribution in [1.82, 2.24) is 14.5 Å². The van der Waals surface area contributed by atoms with Crippen LogP contribution in [0, 0.1) is 12.7 Å². The van der Waals surface area contributed by atoms with Crippen LogP contribution in [0.4, 0.5) is 4.39 Å². The van der Waals surface area contributed by atoms with Gasteiger partial charge >= 0.3 is 0 Å². The van der Waals surface area contributed by atoms with Crippen LogP contribution in [0.1, 0.15) is 11.4 Å². The van der Waals surface area contributed by atoms with E-state index >= 15 is 0 Å². The number of rotatable bonds is 3. The zero-order valence-electron chi connectivity index (χ0n) is 11.3. The fourth-order valence-corrected chi connectivity index (χ4v) is 2.60. The summed E-state index contributed by atoms with van der Waals surface area (Å²) >= 11 is 11.8. The van der Waals surface area contributed by atoms with Crippen molar-refractivity contribution >= 4 is 34.4 Å². The number of aromatic nitrogens is 3. The number of nitrogens with zero attached hydrogens (tertiary/aromatic N) is 3. The highest BCUT2D eigenvalue weighted by Gasteiger charge is 2.14. The summed E-state index contributed by atoms with van der Waals surface area (Å²) in [5.41, 5.74) is 2.77. The number of imidazole rings is 1. The van der Waals surface area contributed by atoms with Crippen molar-refractivity contribution in [3.05, 3.63) is 52.7 Å². The molecule has 0 saturated carbocycles. The van der Waals surface area contributed by atoms with Crippen molar-refractivity contribution in [2.45, 2.75) is 13.3 Å². The van der Waals surface area contributed by atoms with Crippen LogP contribution in [0.25, 0.3) is 16.9 Å². The largest absolute Gasteiger partial charge is 0.281 e. The number of alkyl halides is 1. The molecule has 6 heteroatoms. The molecular weight excluding hydrogens is 312 g/mol. The minimum absolute atomic E-state index is 0.238. The van der Waals surface area contributed by atoms with Crippen LogP contribution < -0.4 is 0 Å². The molecule has 0 fully saturated rings. The molecule has 0 aliphatic heterocycles. The lowest BCUT2D eigenvalue weighted by atomic mass is 10.2. The predicted octanol–water partition coefficient (Wildman–Crippen LogP) is 4.30. The molecule has 0 saturated heterocycles. The van der Waals surface area contributed by atoms with Gasteiger partial charge in [-0.3, -0.25) is 4.57 Å². The predicted molar refractivity (Wildman–Crippen MR) is 83.0 cm³/mol. The molecule has 21 heavy (non-hydrogen) atoms. The normalized spacial score (nSPS) is 11.2. The van der Waals surface area contributed by atoms with Gasteiger partial charge in [0.25, 0.3) is 0 Å². The Bertz CT molecular complexity index is 814. The molecule has 0 unspecified atom stereocenters. The molecule has 0 bridgehead atoms. The Balaban J connectivity index is 2.27. The molecule has 3 rings (SSSR count). The molecule has 0 spiro atoms. The maximum absolute atomic E-state index is 13.5. The molecule has 3 aromatic rings. The standard InChI is InChI=1S/C15H12Cl2FN3/c1-9-6-11(2-3-12(9)18)21-14(4-5-16)20-13-7-10(17)8-19-15(13)21/h2-3,6-8H,4-5H2,1H3. The van der Waals surface area contributed by atoms with E-state index < -0.39 is 0 Å². The summed E-state index contributed by atoms with van der Waals surface area (Å²) in [6.07, 6.45) is 2.16. The number of halogens is 3. The number of hydrogen-bond acceptors (Lipinski definition) is 2. The van der Waals surface area contributed by atoms with Gasteiger partial charge in [0, 0.05) is 24.2 Å². The number of fused-ring (bicyclic) bond motifs is 1. The lowest BCUT2D eigenvalue weighted by molar-refractivity contribution is 0.618. The van der Waals surface area contributed by atoms with Gasteiger partial charge < -0.3 is 0 Å². The first-order valence-corrected chi connectivity index (χ1v) is 7.37. The van der Waals surface area contributed by atoms with Gasteiger partial charge in [-0.05, 0) is 36.8 Å². The van der Waals surface area contributed by atoms with Gasteiger partial charge in [-0.1, -0.05) is 11.6 Å². The smallest absolute Gasteiger partial charge is 0.164 e. The van der Waals surface area contributed by atoms with Crippen molar-refractivity contribution in [3.8, 4) is 5.69 Å². The van der Waals surface area contributed by atoms with E-state index in [1.807, 2.05) is 4.57 Å². The summed E-state index contributed by atoms with van der Waals surface area (Å²) in [7, 11) is 0. The van der Waals surface area contributed by atoms with Gasteiger partial charge in [0.1, 0.15) is 17.2 Å². The molecule has 0 aliphatic rings. The number of benzene rings is 1. The molecule has 108 valence electrons. The molecule has 3 nitrogen and oxygen atoms in total. The van der Waals surface area contributed by atoms with E-state index in [1.54, 1.807) is 31.3 Å². The first-order valence-electron chi connectivity index (χ1n) is 6.45. The van der Waals surface area contributed by atoms with Gasteiger partial charge in [-0.15, -0.1) is 11.6 Å². The van der Waals surface area contributed by atoms with E-state index in [0.717, 1.165) is 11.5 Å². The van der Waals surface area contributed by atoms with Crippen LogP contribution >= 0.6 is 23.2 Å². The van der Waals surface area contributed by atoms with Gasteiger partial charge in [0.05, 0.1) is 5.02 Å². The van der Waals surface area contributed by atoms with Gasteiger partial charge in [-0.2, -0.15) is 0 Å². The van der Waals surface area contributed by atoms with E-state index in [1.165, 1.54) is 6.07 Å². The van der Waals surface area contributed by atoms with E-state index in [2.05, 4.69) is 9.97 Å². The van der Waals surface area contributed by atoms with Crippen LogP contribution in [-0.2, 0) is 6.42 Å². The molecule has 0 radical (unpaired) electrons. The summed E-state index contributed by atoms with van der Waals surface area (Å²) < 4.78 is 15.4. The van der Waals surface area contributed by atoms with Crippen molar-refractivity contribution in [2.75, 3.05) is 5.88 Å². The highest BCUT2D eigenvalue weighted by Crippen LogP contribution is 2.24. The average molecular weight is 324 g/mol. The third-order valence-electron chi connectivity index (χ3n) is 3.25. The zero-order chi connectivity index (χ0) is 15.0. The summed E-state index contributed by atoms with van der Waals surface area (Å²) in [6, 6.07) is 6.67. The van der Waals surface area contributed by atoms with Crippen LogP contribution in [0.2, 0.25) is 5.02 Å². The molecule has 0 N–H and O–H groups in total. The summed E-state index contributed by atoms with van der Waals surface area (Å²) in [6.45, 7) is 1.73. The molecule has 0 aliphatic carbocycles. The topological polar surface area (TPSA) is 30.7 Å². The lowest BCUT2D eigenvalue weighted by Gasteiger charge is -2.09. The van der Waals surface area contributed by atoms with Crippen LogP contribution in [0.3, 0.4) is 0 Å². The SMILES string of the molecule is Cc1cc(-n2c(CCCl)nc3cc(Cl)cnc32)ccc1F. The molecule has 2 heterocycles. The second-order valence-corrected chi connectivity index (χ2v) is 5.55. The monoisotopic (exact) mass is 323 g/mol. The maximum Gasteiger partial charge on any atom is 0.164 e. The number of hydrogen-bond donors (Lipinski definition) is 0. The Hall–Kier alpha value is -1.65. The fraction of sp³-hybridized carbons (Fsp3) is 0.200. The molecule has 0 atom stereocenters. The summed E-state index contributed by atoms with van der Waals surface area (Å²) in [4.78, 5) is 8.87. The Labute approximate surface area is 131 Å². The fourth-order valence-electron chi connectivity index (χ4n) is 2.28. The van der Waals surface area contributed by atoms with Crippen LogP contribution in [0.5, 0.6) is 0 Å². The van der Waals surface area contributed by atoms with E-state index in [9.17, 15) is 4.39 Å². The molecule has 1 aromatic carbocycles. The van der Waals surface area contributed by atoms with Crippen molar-refractivity contribution in [1.29, 1.82) is 0 Å². The minimum Gasteiger partial charge on any atom is -0.281 e. The first-order chi connectivity index (χ1) is 10.1. The second kappa shape index (κ2) is 5.62. The van der Waals surface area contributed by atoms with Crippen LogP contribution in [0.15, 0.2) is 30.5 Å². The van der Waals surface area contributed by atoms with Crippen molar-refractivity contribution < 1.29 is 4.39 Å². The Kier molecular flexibility index (Phi) is 3.83. The molecule has 2 aromatic heterocycles. The Morgan fingerprint density at radius 3 is 2.81 bits per heavy atom. The summed E-state index contributed by atoms with van der Waals surface area (Å²) in [5.74, 6) is 0.982. The third kappa shape index (κ3) is 2.61. The zero-order valence-corrected chi connectivity index (χ0v) is 12.8. The van der Waals surface area contributed by atoms with E-state index in [-0.39, 0.29) is 5.82 Å². The highest BCUT2D eigenvalue weighted by molar-refractivity contribution is 6.31. The first kappa shape index (κ1) is 14.3. The lowest BCUT2D eigenvalue weighted by Crippen LogP contribution is -2.03. The summed E-state index contributed by atoms with van der Waals surface area (Å²) in [5, 5.41) is 0.528. The number of aryl methyl sites for hydroxylation is 2. The van der Waals surface area contributed by atoms with Gasteiger partial charge in [0.2, 0.25) is 0 Å². The second-order valence-electron chi connectivity index (χ2n) is 4.73. The quantitative estimate of drug-likeness (QED) is 0.673. The Morgan fingerprint density at radius 1 is 1.29 bits per heavy atom. The number of pyridine rings is 1. The van der Waals surface area contributed by atoms with E-state index in [4.69, 9.17) is 23.2 Å². The molecule has 0 amide bonds. The van der Waals surface area contributed by atoms with Crippen molar-refractivity contribution in [2.24, 2.45) is 0 Å². The van der Waals surface area contributed by atoms with Gasteiger partial charge in [0.15, 0.2) is 5.65 Å². The van der Waals surface area contributed by atoms with E-state index in [0.29, 0.717) is 34.1 Å². The minimum atomic E-state index is -0.238. The average Bonchev–Trinajstić information content (AvgIpc) is 2.79.